The second-order valence-electron chi connectivity index (χ2n) is 6.59. The molecule has 0 saturated carbocycles. The summed E-state index contributed by atoms with van der Waals surface area (Å²) in [5, 5.41) is 4.30. The molecular weight excluding hydrogens is 334 g/mol. The molecule has 2 atom stereocenters. The summed E-state index contributed by atoms with van der Waals surface area (Å²) in [7, 11) is 0. The van der Waals surface area contributed by atoms with Gasteiger partial charge in [0.05, 0.1) is 6.04 Å². The van der Waals surface area contributed by atoms with Crippen LogP contribution in [0.15, 0.2) is 42.7 Å². The van der Waals surface area contributed by atoms with Gasteiger partial charge < -0.3 is 10.2 Å². The third-order valence-corrected chi connectivity index (χ3v) is 5.29. The first-order valence-electron chi connectivity index (χ1n) is 8.75. The summed E-state index contributed by atoms with van der Waals surface area (Å²) in [6, 6.07) is 10.2. The lowest BCUT2D eigenvalue weighted by molar-refractivity contribution is -0.128. The van der Waals surface area contributed by atoms with Crippen LogP contribution in [-0.2, 0) is 11.3 Å². The highest BCUT2D eigenvalue weighted by atomic mass is 35.5. The van der Waals surface area contributed by atoms with E-state index in [0.29, 0.717) is 6.42 Å². The van der Waals surface area contributed by atoms with Crippen molar-refractivity contribution < 1.29 is 4.79 Å². The maximum atomic E-state index is 12.4. The molecular formula is C20H24ClN3O. The molecule has 0 unspecified atom stereocenters. The Labute approximate surface area is 154 Å². The van der Waals surface area contributed by atoms with Crippen LogP contribution in [0.25, 0.3) is 0 Å². The summed E-state index contributed by atoms with van der Waals surface area (Å²) in [5.41, 5.74) is 3.41. The van der Waals surface area contributed by atoms with Gasteiger partial charge in [0.2, 0.25) is 5.91 Å². The zero-order valence-corrected chi connectivity index (χ0v) is 15.5. The Morgan fingerprint density at radius 3 is 2.88 bits per heavy atom. The number of aryl methyl sites for hydroxylation is 1. The van der Waals surface area contributed by atoms with Crippen molar-refractivity contribution in [2.24, 2.45) is 5.92 Å². The number of benzene rings is 1. The number of pyridine rings is 1. The number of nitrogens with one attached hydrogen (secondary N) is 1. The third kappa shape index (κ3) is 4.02. The van der Waals surface area contributed by atoms with E-state index in [0.717, 1.165) is 35.8 Å². The number of amides is 1. The molecule has 0 bridgehead atoms. The maximum Gasteiger partial charge on any atom is 0.223 e. The minimum absolute atomic E-state index is 0.102. The molecule has 4 nitrogen and oxygen atoms in total. The van der Waals surface area contributed by atoms with Gasteiger partial charge >= 0.3 is 0 Å². The van der Waals surface area contributed by atoms with Gasteiger partial charge in [0.15, 0.2) is 0 Å². The number of likely N-dealkylation sites (tertiary alicyclic amines) is 1. The number of hydrogen-bond acceptors (Lipinski definition) is 3. The van der Waals surface area contributed by atoms with Gasteiger partial charge in [-0.05, 0) is 42.7 Å². The number of halogens is 1. The van der Waals surface area contributed by atoms with E-state index in [-0.39, 0.29) is 17.9 Å². The summed E-state index contributed by atoms with van der Waals surface area (Å²) in [5.74, 6) is 0.482. The van der Waals surface area contributed by atoms with Crippen LogP contribution in [-0.4, -0.2) is 28.9 Å². The summed E-state index contributed by atoms with van der Waals surface area (Å²) in [6.45, 7) is 6.34. The molecule has 2 aromatic rings. The monoisotopic (exact) mass is 357 g/mol. The molecule has 132 valence electrons. The number of aromatic nitrogens is 1. The number of hydrogen-bond donors (Lipinski definition) is 1. The van der Waals surface area contributed by atoms with Crippen LogP contribution in [0.4, 0.5) is 0 Å². The highest BCUT2D eigenvalue weighted by Crippen LogP contribution is 2.37. The minimum Gasteiger partial charge on any atom is -0.336 e. The van der Waals surface area contributed by atoms with Gasteiger partial charge in [0, 0.05) is 49.4 Å². The van der Waals surface area contributed by atoms with E-state index in [1.54, 1.807) is 6.20 Å². The van der Waals surface area contributed by atoms with E-state index in [9.17, 15) is 4.79 Å². The average molecular weight is 358 g/mol. The predicted octanol–water partition coefficient (Wildman–Crippen LogP) is 3.74. The van der Waals surface area contributed by atoms with Gasteiger partial charge in [0.25, 0.3) is 0 Å². The van der Waals surface area contributed by atoms with Crippen molar-refractivity contribution in [2.75, 3.05) is 13.1 Å². The van der Waals surface area contributed by atoms with Crippen molar-refractivity contribution >= 4 is 17.5 Å². The topological polar surface area (TPSA) is 45.2 Å². The molecule has 3 rings (SSSR count). The van der Waals surface area contributed by atoms with Crippen molar-refractivity contribution in [2.45, 2.75) is 32.9 Å². The Bertz CT molecular complexity index is 735. The zero-order valence-electron chi connectivity index (χ0n) is 14.7. The minimum atomic E-state index is 0.102. The van der Waals surface area contributed by atoms with E-state index >= 15 is 0 Å². The Kier molecular flexibility index (Phi) is 5.71. The first-order valence-corrected chi connectivity index (χ1v) is 9.13. The van der Waals surface area contributed by atoms with Gasteiger partial charge in [-0.1, -0.05) is 29.8 Å². The number of carbonyl (C=O) groups excluding carboxylic acids is 1. The molecule has 0 radical (unpaired) electrons. The van der Waals surface area contributed by atoms with Crippen LogP contribution in [0.1, 0.15) is 36.1 Å². The molecule has 1 saturated heterocycles. The lowest BCUT2D eigenvalue weighted by Crippen LogP contribution is -2.31. The quantitative estimate of drug-likeness (QED) is 0.856. The zero-order chi connectivity index (χ0) is 17.8. The highest BCUT2D eigenvalue weighted by molar-refractivity contribution is 6.31. The van der Waals surface area contributed by atoms with Crippen molar-refractivity contribution in [3.63, 3.8) is 0 Å². The first kappa shape index (κ1) is 17.9. The fourth-order valence-corrected chi connectivity index (χ4v) is 3.76. The molecule has 0 spiro atoms. The Hall–Kier alpha value is -1.91. The van der Waals surface area contributed by atoms with Gasteiger partial charge in [-0.15, -0.1) is 0 Å². The summed E-state index contributed by atoms with van der Waals surface area (Å²) >= 11 is 6.08. The number of carbonyl (C=O) groups is 1. The highest BCUT2D eigenvalue weighted by Gasteiger charge is 2.39. The van der Waals surface area contributed by atoms with E-state index in [2.05, 4.69) is 22.4 Å². The van der Waals surface area contributed by atoms with Gasteiger partial charge in [-0.25, -0.2) is 0 Å². The van der Waals surface area contributed by atoms with Gasteiger partial charge in [-0.2, -0.15) is 0 Å². The fourth-order valence-electron chi connectivity index (χ4n) is 3.64. The number of nitrogens with zero attached hydrogens (tertiary/aromatic N) is 2. The van der Waals surface area contributed by atoms with Crippen molar-refractivity contribution in [1.82, 2.24) is 15.2 Å². The van der Waals surface area contributed by atoms with Crippen LogP contribution in [0.3, 0.4) is 0 Å². The molecule has 2 heterocycles. The standard InChI is InChI=1S/C20H24ClN3O/c1-3-24-19(25)10-17(20(24)16-5-4-8-22-12-16)13-23-11-15-6-7-18(21)14(2)9-15/h4-9,12,17,20,23H,3,10-11,13H2,1-2H3/t17-,20-/m0/s1. The first-order chi connectivity index (χ1) is 12.1. The van der Waals surface area contributed by atoms with Crippen LogP contribution >= 0.6 is 11.6 Å². The van der Waals surface area contributed by atoms with Crippen molar-refractivity contribution in [1.29, 1.82) is 0 Å². The van der Waals surface area contributed by atoms with E-state index in [1.807, 2.05) is 43.1 Å². The average Bonchev–Trinajstić information content (AvgIpc) is 2.94. The molecule has 25 heavy (non-hydrogen) atoms. The maximum absolute atomic E-state index is 12.4. The molecule has 0 aliphatic carbocycles. The second kappa shape index (κ2) is 7.98. The van der Waals surface area contributed by atoms with Gasteiger partial charge in [0.1, 0.15) is 0 Å². The Morgan fingerprint density at radius 2 is 2.20 bits per heavy atom. The smallest absolute Gasteiger partial charge is 0.223 e. The molecule has 1 aromatic heterocycles. The van der Waals surface area contributed by atoms with Crippen LogP contribution in [0.2, 0.25) is 5.02 Å². The lowest BCUT2D eigenvalue weighted by atomic mass is 9.94. The lowest BCUT2D eigenvalue weighted by Gasteiger charge is -2.27. The molecule has 5 heteroatoms. The van der Waals surface area contributed by atoms with E-state index < -0.39 is 0 Å². The molecule has 1 aliphatic rings. The van der Waals surface area contributed by atoms with E-state index in [1.165, 1.54) is 5.56 Å². The summed E-state index contributed by atoms with van der Waals surface area (Å²) < 4.78 is 0. The van der Waals surface area contributed by atoms with Crippen LogP contribution in [0.5, 0.6) is 0 Å². The molecule has 1 N–H and O–H groups in total. The Morgan fingerprint density at radius 1 is 1.36 bits per heavy atom. The second-order valence-corrected chi connectivity index (χ2v) is 7.00. The van der Waals surface area contributed by atoms with Crippen LogP contribution in [0, 0.1) is 12.8 Å². The normalized spacial score (nSPS) is 20.3. The third-order valence-electron chi connectivity index (χ3n) is 4.86. The molecule has 1 amide bonds. The molecule has 1 fully saturated rings. The van der Waals surface area contributed by atoms with Crippen LogP contribution < -0.4 is 5.32 Å². The fraction of sp³-hybridized carbons (Fsp3) is 0.400. The Balaban J connectivity index is 1.67. The van der Waals surface area contributed by atoms with Crippen molar-refractivity contribution in [3.8, 4) is 0 Å². The SMILES string of the molecule is CCN1C(=O)C[C@@H](CNCc2ccc(Cl)c(C)c2)[C@@H]1c1cccnc1. The summed E-state index contributed by atoms with van der Waals surface area (Å²) in [4.78, 5) is 18.6. The largest absolute Gasteiger partial charge is 0.336 e. The van der Waals surface area contributed by atoms with E-state index in [4.69, 9.17) is 11.6 Å². The molecule has 1 aliphatic heterocycles. The number of rotatable bonds is 6. The van der Waals surface area contributed by atoms with Crippen molar-refractivity contribution in [3.05, 3.63) is 64.4 Å². The summed E-state index contributed by atoms with van der Waals surface area (Å²) in [6.07, 6.45) is 4.23. The van der Waals surface area contributed by atoms with Gasteiger partial charge in [-0.3, -0.25) is 9.78 Å². The molecule has 1 aromatic carbocycles. The predicted molar refractivity (Wildman–Crippen MR) is 100 cm³/mol.